The van der Waals surface area contributed by atoms with E-state index in [1.54, 1.807) is 10.9 Å². The van der Waals surface area contributed by atoms with Crippen molar-refractivity contribution in [2.75, 3.05) is 5.32 Å². The van der Waals surface area contributed by atoms with Crippen LogP contribution >= 0.6 is 11.3 Å². The minimum atomic E-state index is -0.304. The number of thiazole rings is 1. The molecule has 8 heteroatoms. The SMILES string of the molecule is O=C(NCc1ccccc1)Nc1nc2cc(-c3ccc4ncn(Cc5ccccc5)c(=O)c4c3)ccc2s1. The molecule has 6 aromatic rings. The maximum atomic E-state index is 13.2. The van der Waals surface area contributed by atoms with Crippen LogP contribution in [-0.4, -0.2) is 20.6 Å². The molecule has 38 heavy (non-hydrogen) atoms. The molecule has 2 heterocycles. The molecule has 0 radical (unpaired) electrons. The molecule has 6 rings (SSSR count). The molecule has 2 aromatic heterocycles. The Morgan fingerprint density at radius 2 is 1.53 bits per heavy atom. The Morgan fingerprint density at radius 1 is 0.816 bits per heavy atom. The lowest BCUT2D eigenvalue weighted by Crippen LogP contribution is -2.28. The van der Waals surface area contributed by atoms with E-state index >= 15 is 0 Å². The number of anilines is 1. The second-order valence-electron chi connectivity index (χ2n) is 8.89. The van der Waals surface area contributed by atoms with E-state index in [0.29, 0.717) is 29.1 Å². The molecular weight excluding hydrogens is 494 g/mol. The average Bonchev–Trinajstić information content (AvgIpc) is 3.36. The zero-order chi connectivity index (χ0) is 25.9. The van der Waals surface area contributed by atoms with Gasteiger partial charge in [0, 0.05) is 6.54 Å². The maximum absolute atomic E-state index is 13.2. The van der Waals surface area contributed by atoms with Crippen LogP contribution in [0.25, 0.3) is 32.2 Å². The molecule has 2 N–H and O–H groups in total. The van der Waals surface area contributed by atoms with Crippen molar-refractivity contribution in [2.45, 2.75) is 13.1 Å². The molecule has 0 saturated heterocycles. The Labute approximate surface area is 222 Å². The van der Waals surface area contributed by atoms with Gasteiger partial charge in [-0.15, -0.1) is 0 Å². The van der Waals surface area contributed by atoms with Crippen LogP contribution in [0.1, 0.15) is 11.1 Å². The molecule has 0 atom stereocenters. The highest BCUT2D eigenvalue weighted by atomic mass is 32.1. The number of carbonyl (C=O) groups is 1. The molecular formula is C30H23N5O2S. The summed E-state index contributed by atoms with van der Waals surface area (Å²) in [7, 11) is 0. The minimum Gasteiger partial charge on any atom is -0.334 e. The van der Waals surface area contributed by atoms with Crippen LogP contribution in [0.15, 0.2) is 108 Å². The Hall–Kier alpha value is -4.82. The quantitative estimate of drug-likeness (QED) is 0.282. The van der Waals surface area contributed by atoms with Gasteiger partial charge in [-0.3, -0.25) is 14.7 Å². The van der Waals surface area contributed by atoms with Crippen molar-refractivity contribution < 1.29 is 4.79 Å². The molecule has 0 bridgehead atoms. The summed E-state index contributed by atoms with van der Waals surface area (Å²) in [5.74, 6) is 0. The Bertz CT molecular complexity index is 1810. The Balaban J connectivity index is 1.23. The molecule has 4 aromatic carbocycles. The number of urea groups is 1. The van der Waals surface area contributed by atoms with E-state index in [0.717, 1.165) is 32.5 Å². The molecule has 0 unspecified atom stereocenters. The lowest BCUT2D eigenvalue weighted by atomic mass is 10.0. The van der Waals surface area contributed by atoms with Crippen LogP contribution < -0.4 is 16.2 Å². The summed E-state index contributed by atoms with van der Waals surface area (Å²) in [4.78, 5) is 34.7. The molecule has 0 spiro atoms. The van der Waals surface area contributed by atoms with Gasteiger partial charge in [-0.25, -0.2) is 14.8 Å². The monoisotopic (exact) mass is 517 g/mol. The topological polar surface area (TPSA) is 88.9 Å². The second-order valence-corrected chi connectivity index (χ2v) is 9.92. The molecule has 0 aliphatic carbocycles. The standard InChI is InChI=1S/C30H23N5O2S/c36-28-24-15-22(11-13-25(24)32-19-35(28)18-21-9-5-2-6-10-21)23-12-14-27-26(16-23)33-30(38-27)34-29(37)31-17-20-7-3-1-4-8-20/h1-16,19H,17-18H2,(H2,31,33,34,37). The summed E-state index contributed by atoms with van der Waals surface area (Å²) in [6.45, 7) is 0.901. The van der Waals surface area contributed by atoms with Gasteiger partial charge >= 0.3 is 6.03 Å². The zero-order valence-electron chi connectivity index (χ0n) is 20.3. The molecule has 0 aliphatic rings. The molecule has 0 fully saturated rings. The molecule has 2 amide bonds. The minimum absolute atomic E-state index is 0.0801. The van der Waals surface area contributed by atoms with Crippen LogP contribution in [0.3, 0.4) is 0 Å². The van der Waals surface area contributed by atoms with E-state index in [1.807, 2.05) is 97.1 Å². The molecule has 186 valence electrons. The van der Waals surface area contributed by atoms with Crippen molar-refractivity contribution in [3.05, 3.63) is 125 Å². The predicted octanol–water partition coefficient (Wildman–Crippen LogP) is 6.04. The summed E-state index contributed by atoms with van der Waals surface area (Å²) in [5, 5.41) is 6.76. The largest absolute Gasteiger partial charge is 0.334 e. The van der Waals surface area contributed by atoms with Crippen LogP contribution in [-0.2, 0) is 13.1 Å². The third-order valence-electron chi connectivity index (χ3n) is 6.26. The summed E-state index contributed by atoms with van der Waals surface area (Å²) >= 11 is 1.41. The Morgan fingerprint density at radius 3 is 2.32 bits per heavy atom. The van der Waals surface area contributed by atoms with Gasteiger partial charge in [0.1, 0.15) is 0 Å². The fraction of sp³-hybridized carbons (Fsp3) is 0.0667. The van der Waals surface area contributed by atoms with Crippen molar-refractivity contribution >= 4 is 43.6 Å². The second kappa shape index (κ2) is 10.3. The fourth-order valence-electron chi connectivity index (χ4n) is 4.31. The lowest BCUT2D eigenvalue weighted by molar-refractivity contribution is 0.251. The van der Waals surface area contributed by atoms with Crippen LogP contribution in [0.4, 0.5) is 9.93 Å². The number of hydrogen-bond acceptors (Lipinski definition) is 5. The normalized spacial score (nSPS) is 11.1. The lowest BCUT2D eigenvalue weighted by Gasteiger charge is -2.08. The van der Waals surface area contributed by atoms with Crippen molar-refractivity contribution in [3.63, 3.8) is 0 Å². The van der Waals surface area contributed by atoms with Crippen molar-refractivity contribution in [1.29, 1.82) is 0 Å². The molecule has 0 saturated carbocycles. The van der Waals surface area contributed by atoms with Crippen molar-refractivity contribution in [3.8, 4) is 11.1 Å². The van der Waals surface area contributed by atoms with Crippen LogP contribution in [0.2, 0.25) is 0 Å². The zero-order valence-corrected chi connectivity index (χ0v) is 21.1. The van der Waals surface area contributed by atoms with Crippen LogP contribution in [0.5, 0.6) is 0 Å². The number of nitrogens with one attached hydrogen (secondary N) is 2. The van der Waals surface area contributed by atoms with E-state index in [1.165, 1.54) is 11.3 Å². The third kappa shape index (κ3) is 5.02. The highest BCUT2D eigenvalue weighted by Gasteiger charge is 2.11. The summed E-state index contributed by atoms with van der Waals surface area (Å²) in [5.41, 5.74) is 5.25. The van der Waals surface area contributed by atoms with E-state index < -0.39 is 0 Å². The van der Waals surface area contributed by atoms with Gasteiger partial charge in [0.25, 0.3) is 5.56 Å². The van der Waals surface area contributed by atoms with Gasteiger partial charge in [-0.1, -0.05) is 84.1 Å². The molecule has 0 aliphatic heterocycles. The van der Waals surface area contributed by atoms with Crippen LogP contribution in [0, 0.1) is 0 Å². The number of fused-ring (bicyclic) bond motifs is 2. The number of rotatable bonds is 6. The third-order valence-corrected chi connectivity index (χ3v) is 7.21. The van der Waals surface area contributed by atoms with E-state index in [4.69, 9.17) is 0 Å². The fourth-order valence-corrected chi connectivity index (χ4v) is 5.15. The number of aromatic nitrogens is 3. The first-order valence-corrected chi connectivity index (χ1v) is 13.0. The number of amides is 2. The van der Waals surface area contributed by atoms with Crippen molar-refractivity contribution in [2.24, 2.45) is 0 Å². The number of benzene rings is 4. The maximum Gasteiger partial charge on any atom is 0.321 e. The van der Waals surface area contributed by atoms with Gasteiger partial charge in [0.15, 0.2) is 5.13 Å². The first-order valence-electron chi connectivity index (χ1n) is 12.2. The van der Waals surface area contributed by atoms with Gasteiger partial charge in [-0.2, -0.15) is 0 Å². The summed E-state index contributed by atoms with van der Waals surface area (Å²) < 4.78 is 2.59. The average molecular weight is 518 g/mol. The van der Waals surface area contributed by atoms with Crippen molar-refractivity contribution in [1.82, 2.24) is 19.9 Å². The highest BCUT2D eigenvalue weighted by molar-refractivity contribution is 7.22. The smallest absolute Gasteiger partial charge is 0.321 e. The highest BCUT2D eigenvalue weighted by Crippen LogP contribution is 2.31. The number of nitrogens with zero attached hydrogens (tertiary/aromatic N) is 3. The van der Waals surface area contributed by atoms with E-state index in [-0.39, 0.29) is 11.6 Å². The number of hydrogen-bond donors (Lipinski definition) is 2. The first kappa shape index (κ1) is 23.6. The van der Waals surface area contributed by atoms with Gasteiger partial charge in [0.2, 0.25) is 0 Å². The van der Waals surface area contributed by atoms with Gasteiger partial charge < -0.3 is 5.32 Å². The summed E-state index contributed by atoms with van der Waals surface area (Å²) in [6, 6.07) is 30.9. The van der Waals surface area contributed by atoms with Gasteiger partial charge in [-0.05, 0) is 46.5 Å². The van der Waals surface area contributed by atoms with E-state index in [9.17, 15) is 9.59 Å². The number of carbonyl (C=O) groups excluding carboxylic acids is 1. The predicted molar refractivity (Wildman–Crippen MR) is 152 cm³/mol. The molecule has 7 nitrogen and oxygen atoms in total. The van der Waals surface area contributed by atoms with Gasteiger partial charge in [0.05, 0.1) is 34.0 Å². The first-order chi connectivity index (χ1) is 18.6. The summed E-state index contributed by atoms with van der Waals surface area (Å²) in [6.07, 6.45) is 1.60. The van der Waals surface area contributed by atoms with E-state index in [2.05, 4.69) is 20.6 Å². The Kier molecular flexibility index (Phi) is 6.37.